The fraction of sp³-hybridized carbons (Fsp3) is 0.458. The summed E-state index contributed by atoms with van der Waals surface area (Å²) in [6.07, 6.45) is 10.3. The number of rotatable bonds is 6. The van der Waals surface area contributed by atoms with Crippen LogP contribution in [0.4, 0.5) is 0 Å². The van der Waals surface area contributed by atoms with Crippen LogP contribution in [0.3, 0.4) is 0 Å². The van der Waals surface area contributed by atoms with Crippen molar-refractivity contribution in [2.45, 2.75) is 58.9 Å². The molecule has 0 unspecified atom stereocenters. The molecule has 3 aromatic rings. The largest absolute Gasteiger partial charge is 0.345 e. The molecule has 0 aliphatic heterocycles. The lowest BCUT2D eigenvalue weighted by Gasteiger charge is -2.21. The monoisotopic (exact) mass is 361 g/mol. The summed E-state index contributed by atoms with van der Waals surface area (Å²) in [5.41, 5.74) is 8.82. The standard InChI is InChI=1S/C24H31N3/c1-17-12-21(20-8-9-23-24(14-20)27-16-26-23)13-18(2)22(17)15-25-11-10-19-6-4-3-5-7-19/h8-9,12-14,16,19,25H,3-7,10-11,15H2,1-2H3,(H,26,27). The predicted molar refractivity (Wildman–Crippen MR) is 114 cm³/mol. The molecule has 4 rings (SSSR count). The second-order valence-electron chi connectivity index (χ2n) is 8.19. The SMILES string of the molecule is Cc1cc(-c2ccc3[nH]cnc3c2)cc(C)c1CNCCC1CCCCC1. The Morgan fingerprint density at radius 2 is 1.78 bits per heavy atom. The van der Waals surface area contributed by atoms with Crippen molar-refractivity contribution in [3.8, 4) is 11.1 Å². The molecule has 1 heterocycles. The zero-order chi connectivity index (χ0) is 18.6. The van der Waals surface area contributed by atoms with E-state index in [2.05, 4.69) is 59.5 Å². The first kappa shape index (κ1) is 18.2. The Labute approximate surface area is 162 Å². The summed E-state index contributed by atoms with van der Waals surface area (Å²) >= 11 is 0. The Morgan fingerprint density at radius 3 is 2.56 bits per heavy atom. The Bertz CT molecular complexity index is 880. The van der Waals surface area contributed by atoms with Gasteiger partial charge in [-0.15, -0.1) is 0 Å². The van der Waals surface area contributed by atoms with Crippen LogP contribution in [0.1, 0.15) is 55.2 Å². The van der Waals surface area contributed by atoms with E-state index in [1.165, 1.54) is 66.3 Å². The fourth-order valence-electron chi connectivity index (χ4n) is 4.55. The number of aromatic amines is 1. The molecule has 27 heavy (non-hydrogen) atoms. The molecule has 1 aromatic heterocycles. The first-order valence-corrected chi connectivity index (χ1v) is 10.4. The van der Waals surface area contributed by atoms with Gasteiger partial charge in [-0.1, -0.05) is 50.3 Å². The number of aryl methyl sites for hydroxylation is 2. The Morgan fingerprint density at radius 1 is 1.00 bits per heavy atom. The number of imidazole rings is 1. The van der Waals surface area contributed by atoms with Crippen LogP contribution in [0.25, 0.3) is 22.2 Å². The summed E-state index contributed by atoms with van der Waals surface area (Å²) in [5.74, 6) is 0.952. The third kappa shape index (κ3) is 4.24. The summed E-state index contributed by atoms with van der Waals surface area (Å²) in [5, 5.41) is 3.70. The first-order valence-electron chi connectivity index (χ1n) is 10.4. The third-order valence-corrected chi connectivity index (χ3v) is 6.21. The average Bonchev–Trinajstić information content (AvgIpc) is 3.15. The molecule has 0 bridgehead atoms. The molecule has 0 saturated heterocycles. The normalized spacial score (nSPS) is 15.5. The van der Waals surface area contributed by atoms with E-state index in [0.717, 1.165) is 30.0 Å². The first-order chi connectivity index (χ1) is 13.2. The van der Waals surface area contributed by atoms with Crippen LogP contribution in [0.2, 0.25) is 0 Å². The lowest BCUT2D eigenvalue weighted by molar-refractivity contribution is 0.334. The van der Waals surface area contributed by atoms with Crippen molar-refractivity contribution in [2.24, 2.45) is 5.92 Å². The van der Waals surface area contributed by atoms with Gasteiger partial charge in [0.05, 0.1) is 17.4 Å². The molecule has 142 valence electrons. The van der Waals surface area contributed by atoms with Crippen LogP contribution in [-0.2, 0) is 6.54 Å². The summed E-state index contributed by atoms with van der Waals surface area (Å²) in [7, 11) is 0. The number of hydrogen-bond donors (Lipinski definition) is 2. The van der Waals surface area contributed by atoms with Crippen LogP contribution < -0.4 is 5.32 Å². The maximum absolute atomic E-state index is 4.39. The highest BCUT2D eigenvalue weighted by Crippen LogP contribution is 2.28. The van der Waals surface area contributed by atoms with Crippen molar-refractivity contribution < 1.29 is 0 Å². The molecular formula is C24H31N3. The lowest BCUT2D eigenvalue weighted by atomic mass is 9.87. The van der Waals surface area contributed by atoms with E-state index in [1.807, 2.05) is 0 Å². The Hall–Kier alpha value is -2.13. The molecule has 1 saturated carbocycles. The highest BCUT2D eigenvalue weighted by Gasteiger charge is 2.13. The second kappa shape index (κ2) is 8.26. The molecule has 3 nitrogen and oxygen atoms in total. The van der Waals surface area contributed by atoms with E-state index in [9.17, 15) is 0 Å². The van der Waals surface area contributed by atoms with E-state index in [-0.39, 0.29) is 0 Å². The van der Waals surface area contributed by atoms with Crippen LogP contribution in [0, 0.1) is 19.8 Å². The van der Waals surface area contributed by atoms with Gasteiger partial charge in [0, 0.05) is 6.54 Å². The zero-order valence-electron chi connectivity index (χ0n) is 16.6. The summed E-state index contributed by atoms with van der Waals surface area (Å²) < 4.78 is 0. The fourth-order valence-corrected chi connectivity index (χ4v) is 4.55. The quantitative estimate of drug-likeness (QED) is 0.536. The summed E-state index contributed by atoms with van der Waals surface area (Å²) in [6.45, 7) is 6.59. The predicted octanol–water partition coefficient (Wildman–Crippen LogP) is 5.91. The number of benzene rings is 2. The molecule has 0 radical (unpaired) electrons. The third-order valence-electron chi connectivity index (χ3n) is 6.21. The van der Waals surface area contributed by atoms with Crippen LogP contribution in [0.5, 0.6) is 0 Å². The molecule has 2 aromatic carbocycles. The topological polar surface area (TPSA) is 40.7 Å². The summed E-state index contributed by atoms with van der Waals surface area (Å²) in [6, 6.07) is 11.1. The van der Waals surface area contributed by atoms with Gasteiger partial charge in [-0.2, -0.15) is 0 Å². The van der Waals surface area contributed by atoms with Gasteiger partial charge in [0.25, 0.3) is 0 Å². The summed E-state index contributed by atoms with van der Waals surface area (Å²) in [4.78, 5) is 7.55. The van der Waals surface area contributed by atoms with Crippen molar-refractivity contribution in [3.63, 3.8) is 0 Å². The van der Waals surface area contributed by atoms with E-state index in [1.54, 1.807) is 6.33 Å². The molecule has 0 amide bonds. The zero-order valence-corrected chi connectivity index (χ0v) is 16.6. The molecule has 0 spiro atoms. The number of nitrogens with one attached hydrogen (secondary N) is 2. The smallest absolute Gasteiger partial charge is 0.0931 e. The van der Waals surface area contributed by atoms with Gasteiger partial charge in [0.1, 0.15) is 0 Å². The number of nitrogens with zero attached hydrogens (tertiary/aromatic N) is 1. The van der Waals surface area contributed by atoms with Gasteiger partial charge in [0.15, 0.2) is 0 Å². The molecule has 1 aliphatic carbocycles. The Kier molecular flexibility index (Phi) is 5.58. The van der Waals surface area contributed by atoms with Gasteiger partial charge in [-0.05, 0) is 72.7 Å². The van der Waals surface area contributed by atoms with Gasteiger partial charge in [-0.3, -0.25) is 0 Å². The van der Waals surface area contributed by atoms with E-state index >= 15 is 0 Å². The maximum atomic E-state index is 4.39. The van der Waals surface area contributed by atoms with Crippen molar-refractivity contribution in [3.05, 3.63) is 53.3 Å². The molecule has 3 heteroatoms. The van der Waals surface area contributed by atoms with Crippen LogP contribution in [-0.4, -0.2) is 16.5 Å². The second-order valence-corrected chi connectivity index (χ2v) is 8.19. The van der Waals surface area contributed by atoms with Crippen LogP contribution >= 0.6 is 0 Å². The van der Waals surface area contributed by atoms with E-state index in [4.69, 9.17) is 0 Å². The van der Waals surface area contributed by atoms with Gasteiger partial charge in [0.2, 0.25) is 0 Å². The molecule has 1 aliphatic rings. The van der Waals surface area contributed by atoms with Gasteiger partial charge >= 0.3 is 0 Å². The van der Waals surface area contributed by atoms with Crippen molar-refractivity contribution >= 4 is 11.0 Å². The maximum Gasteiger partial charge on any atom is 0.0931 e. The van der Waals surface area contributed by atoms with Crippen molar-refractivity contribution in [2.75, 3.05) is 6.54 Å². The number of hydrogen-bond acceptors (Lipinski definition) is 2. The Balaban J connectivity index is 1.42. The minimum atomic E-state index is 0.952. The average molecular weight is 362 g/mol. The highest BCUT2D eigenvalue weighted by molar-refractivity contribution is 5.81. The molecule has 0 atom stereocenters. The minimum Gasteiger partial charge on any atom is -0.345 e. The van der Waals surface area contributed by atoms with Gasteiger partial charge < -0.3 is 10.3 Å². The molecule has 2 N–H and O–H groups in total. The minimum absolute atomic E-state index is 0.952. The number of aromatic nitrogens is 2. The number of fused-ring (bicyclic) bond motifs is 1. The lowest BCUT2D eigenvalue weighted by Crippen LogP contribution is -2.20. The number of H-pyrrole nitrogens is 1. The molecular weight excluding hydrogens is 330 g/mol. The van der Waals surface area contributed by atoms with Gasteiger partial charge in [-0.25, -0.2) is 4.98 Å². The molecule has 1 fully saturated rings. The van der Waals surface area contributed by atoms with Crippen molar-refractivity contribution in [1.82, 2.24) is 15.3 Å². The van der Waals surface area contributed by atoms with Crippen molar-refractivity contribution in [1.29, 1.82) is 0 Å². The van der Waals surface area contributed by atoms with E-state index in [0.29, 0.717) is 0 Å². The highest BCUT2D eigenvalue weighted by atomic mass is 14.9. The van der Waals surface area contributed by atoms with Crippen LogP contribution in [0.15, 0.2) is 36.7 Å². The van der Waals surface area contributed by atoms with E-state index < -0.39 is 0 Å².